The molecule has 2 aromatic carbocycles. The summed E-state index contributed by atoms with van der Waals surface area (Å²) in [6.07, 6.45) is 4.72. The second-order valence-corrected chi connectivity index (χ2v) is 8.60. The molecule has 3 unspecified atom stereocenters. The standard InChI is InChI=1S/C22H23FN6O2S/c1-31-19-5-3-2-4-16(19)24-20(30)13-32-22-26-25-21-18-12-17(14-6-8-15(23)9-7-14)27-29(18)11-10-28(21)22/h2-11,17-18,21,25,27H,12-13H2,1H3,(H,24,30). The maximum Gasteiger partial charge on any atom is 0.234 e. The molecule has 5 rings (SSSR count). The fourth-order valence-electron chi connectivity index (χ4n) is 4.13. The maximum atomic E-state index is 13.3. The lowest BCUT2D eigenvalue weighted by atomic mass is 10.00. The number of amidine groups is 1. The first-order valence-electron chi connectivity index (χ1n) is 10.3. The first kappa shape index (κ1) is 20.7. The molecule has 0 spiro atoms. The van der Waals surface area contributed by atoms with Gasteiger partial charge in [-0.25, -0.2) is 9.82 Å². The number of methoxy groups -OCH3 is 1. The largest absolute Gasteiger partial charge is 0.495 e. The first-order valence-corrected chi connectivity index (χ1v) is 11.3. The number of rotatable bonds is 5. The number of benzene rings is 2. The molecule has 0 aromatic heterocycles. The van der Waals surface area contributed by atoms with Gasteiger partial charge in [-0.3, -0.25) is 10.2 Å². The summed E-state index contributed by atoms with van der Waals surface area (Å²) in [4.78, 5) is 14.5. The molecule has 0 saturated carbocycles. The molecule has 3 aliphatic rings. The zero-order valence-electron chi connectivity index (χ0n) is 17.4. The lowest BCUT2D eigenvalue weighted by Gasteiger charge is -2.36. The fourth-order valence-corrected chi connectivity index (χ4v) is 4.90. The average molecular weight is 455 g/mol. The number of hydrazone groups is 1. The van der Waals surface area contributed by atoms with E-state index in [9.17, 15) is 9.18 Å². The molecule has 1 fully saturated rings. The molecule has 3 aliphatic heterocycles. The lowest BCUT2D eigenvalue weighted by molar-refractivity contribution is -0.113. The molecule has 0 radical (unpaired) electrons. The van der Waals surface area contributed by atoms with Crippen LogP contribution in [0, 0.1) is 5.82 Å². The van der Waals surface area contributed by atoms with Gasteiger partial charge in [-0.2, -0.15) is 5.10 Å². The molecule has 0 aliphatic carbocycles. The molecule has 32 heavy (non-hydrogen) atoms. The van der Waals surface area contributed by atoms with Crippen LogP contribution in [0.4, 0.5) is 10.1 Å². The van der Waals surface area contributed by atoms with Crippen LogP contribution in [0.5, 0.6) is 5.75 Å². The molecular weight excluding hydrogens is 431 g/mol. The molecule has 8 nitrogen and oxygen atoms in total. The Kier molecular flexibility index (Phi) is 5.62. The number of fused-ring (bicyclic) bond motifs is 3. The third-order valence-corrected chi connectivity index (χ3v) is 6.66. The summed E-state index contributed by atoms with van der Waals surface area (Å²) in [7, 11) is 1.57. The topological polar surface area (TPSA) is 81.2 Å². The monoisotopic (exact) mass is 454 g/mol. The zero-order chi connectivity index (χ0) is 22.1. The maximum absolute atomic E-state index is 13.3. The van der Waals surface area contributed by atoms with E-state index in [-0.39, 0.29) is 35.7 Å². The lowest BCUT2D eigenvalue weighted by Crippen LogP contribution is -2.54. The highest BCUT2D eigenvalue weighted by atomic mass is 32.2. The van der Waals surface area contributed by atoms with Crippen molar-refractivity contribution in [2.45, 2.75) is 24.7 Å². The number of hydrogen-bond acceptors (Lipinski definition) is 8. The third kappa shape index (κ3) is 3.98. The summed E-state index contributed by atoms with van der Waals surface area (Å²) < 4.78 is 18.5. The smallest absolute Gasteiger partial charge is 0.234 e. The number of anilines is 1. The molecule has 3 heterocycles. The van der Waals surface area contributed by atoms with Crippen molar-refractivity contribution in [2.24, 2.45) is 5.10 Å². The van der Waals surface area contributed by atoms with E-state index >= 15 is 0 Å². The average Bonchev–Trinajstić information content (AvgIpc) is 3.42. The minimum Gasteiger partial charge on any atom is -0.495 e. The highest BCUT2D eigenvalue weighted by molar-refractivity contribution is 8.14. The van der Waals surface area contributed by atoms with Crippen LogP contribution in [-0.2, 0) is 4.79 Å². The number of carbonyl (C=O) groups excluding carboxylic acids is 1. The van der Waals surface area contributed by atoms with Crippen LogP contribution in [0.25, 0.3) is 0 Å². The summed E-state index contributed by atoms with van der Waals surface area (Å²) in [5, 5.41) is 10.2. The van der Waals surface area contributed by atoms with Crippen LogP contribution >= 0.6 is 11.8 Å². The second-order valence-electron chi connectivity index (χ2n) is 7.65. The molecule has 10 heteroatoms. The van der Waals surface area contributed by atoms with Gasteiger partial charge < -0.3 is 20.0 Å². The predicted octanol–water partition coefficient (Wildman–Crippen LogP) is 2.81. The van der Waals surface area contributed by atoms with E-state index in [1.54, 1.807) is 19.2 Å². The van der Waals surface area contributed by atoms with Crippen molar-refractivity contribution < 1.29 is 13.9 Å². The van der Waals surface area contributed by atoms with Crippen molar-refractivity contribution in [1.29, 1.82) is 0 Å². The first-order chi connectivity index (χ1) is 15.6. The summed E-state index contributed by atoms with van der Waals surface area (Å²) in [6.45, 7) is 0. The fraction of sp³-hybridized carbons (Fsp3) is 0.273. The number of hydrazine groups is 1. The normalized spacial score (nSPS) is 23.3. The van der Waals surface area contributed by atoms with Crippen molar-refractivity contribution in [3.8, 4) is 5.75 Å². The SMILES string of the molecule is COc1ccccc1NC(=O)CSC1=NNC2C3CC(c4ccc(F)cc4)NN3C=CN12. The molecule has 3 atom stereocenters. The van der Waals surface area contributed by atoms with E-state index in [0.717, 1.165) is 17.2 Å². The number of ether oxygens (including phenoxy) is 1. The quantitative estimate of drug-likeness (QED) is 0.641. The molecule has 2 aromatic rings. The molecule has 1 saturated heterocycles. The van der Waals surface area contributed by atoms with Crippen molar-refractivity contribution in [3.05, 3.63) is 72.3 Å². The van der Waals surface area contributed by atoms with Crippen LogP contribution in [0.15, 0.2) is 66.0 Å². The van der Waals surface area contributed by atoms with Crippen LogP contribution < -0.4 is 20.9 Å². The molecular formula is C22H23FN6O2S. The van der Waals surface area contributed by atoms with Gasteiger partial charge >= 0.3 is 0 Å². The highest BCUT2D eigenvalue weighted by Crippen LogP contribution is 2.35. The van der Waals surface area contributed by atoms with Gasteiger partial charge in [0, 0.05) is 12.4 Å². The van der Waals surface area contributed by atoms with Gasteiger partial charge in [-0.05, 0) is 36.2 Å². The number of thioether (sulfide) groups is 1. The van der Waals surface area contributed by atoms with Crippen molar-refractivity contribution >= 4 is 28.5 Å². The van der Waals surface area contributed by atoms with E-state index in [1.165, 1.54) is 23.9 Å². The van der Waals surface area contributed by atoms with E-state index in [0.29, 0.717) is 11.4 Å². The Morgan fingerprint density at radius 1 is 1.25 bits per heavy atom. The zero-order valence-corrected chi connectivity index (χ0v) is 18.2. The molecule has 166 valence electrons. The Bertz CT molecular complexity index is 1060. The number of nitrogens with one attached hydrogen (secondary N) is 3. The van der Waals surface area contributed by atoms with Crippen LogP contribution in [0.1, 0.15) is 18.0 Å². The Balaban J connectivity index is 1.18. The number of para-hydroxylation sites is 2. The molecule has 0 bridgehead atoms. The minimum atomic E-state index is -0.238. The summed E-state index contributed by atoms with van der Waals surface area (Å²) in [6, 6.07) is 14.1. The van der Waals surface area contributed by atoms with Gasteiger partial charge in [-0.15, -0.1) is 0 Å². The van der Waals surface area contributed by atoms with Crippen molar-refractivity contribution in [1.82, 2.24) is 20.8 Å². The number of carbonyl (C=O) groups is 1. The Morgan fingerprint density at radius 2 is 2.06 bits per heavy atom. The Labute approximate surface area is 189 Å². The van der Waals surface area contributed by atoms with Crippen molar-refractivity contribution in [3.63, 3.8) is 0 Å². The van der Waals surface area contributed by atoms with E-state index in [1.807, 2.05) is 36.7 Å². The molecule has 3 N–H and O–H groups in total. The molecule has 1 amide bonds. The van der Waals surface area contributed by atoms with Gasteiger partial charge in [0.1, 0.15) is 17.7 Å². The third-order valence-electron chi connectivity index (χ3n) is 5.69. The summed E-state index contributed by atoms with van der Waals surface area (Å²) in [5.41, 5.74) is 8.35. The number of halogens is 1. The predicted molar refractivity (Wildman–Crippen MR) is 122 cm³/mol. The summed E-state index contributed by atoms with van der Waals surface area (Å²) in [5.74, 6) is 0.472. The van der Waals surface area contributed by atoms with Gasteiger partial charge in [0.25, 0.3) is 0 Å². The van der Waals surface area contributed by atoms with Crippen LogP contribution in [-0.4, -0.2) is 46.1 Å². The van der Waals surface area contributed by atoms with Crippen LogP contribution in [0.3, 0.4) is 0 Å². The number of amides is 1. The van der Waals surface area contributed by atoms with E-state index < -0.39 is 0 Å². The van der Waals surface area contributed by atoms with Gasteiger partial charge in [0.05, 0.1) is 30.6 Å². The minimum absolute atomic E-state index is 0.0438. The summed E-state index contributed by atoms with van der Waals surface area (Å²) >= 11 is 1.37. The van der Waals surface area contributed by atoms with Crippen LogP contribution in [0.2, 0.25) is 0 Å². The highest BCUT2D eigenvalue weighted by Gasteiger charge is 2.44. The van der Waals surface area contributed by atoms with Gasteiger partial charge in [0.15, 0.2) is 5.17 Å². The van der Waals surface area contributed by atoms with Gasteiger partial charge in [-0.1, -0.05) is 36.0 Å². The van der Waals surface area contributed by atoms with Crippen molar-refractivity contribution in [2.75, 3.05) is 18.2 Å². The van der Waals surface area contributed by atoms with E-state index in [2.05, 4.69) is 31.2 Å². The van der Waals surface area contributed by atoms with E-state index in [4.69, 9.17) is 4.74 Å². The van der Waals surface area contributed by atoms with Gasteiger partial charge in [0.2, 0.25) is 5.91 Å². The Hall–Kier alpha value is -3.24. The number of nitrogens with zero attached hydrogens (tertiary/aromatic N) is 3. The Morgan fingerprint density at radius 3 is 2.88 bits per heavy atom. The number of hydrogen-bond donors (Lipinski definition) is 3. The second kappa shape index (κ2) is 8.71.